The van der Waals surface area contributed by atoms with Crippen molar-refractivity contribution in [2.24, 2.45) is 0 Å². The number of para-hydroxylation sites is 1. The largest absolute Gasteiger partial charge is 0.497 e. The summed E-state index contributed by atoms with van der Waals surface area (Å²) in [6.07, 6.45) is 5.42. The van der Waals surface area contributed by atoms with Gasteiger partial charge in [0, 0.05) is 22.9 Å². The number of amides is 2. The van der Waals surface area contributed by atoms with E-state index in [4.69, 9.17) is 26.2 Å². The van der Waals surface area contributed by atoms with Gasteiger partial charge in [-0.15, -0.1) is 0 Å². The molecule has 0 radical (unpaired) electrons. The number of hydrogen-bond donors (Lipinski definition) is 0. The molecule has 2 amide bonds. The second-order valence-electron chi connectivity index (χ2n) is 10.3. The minimum atomic E-state index is -0.631. The van der Waals surface area contributed by atoms with Gasteiger partial charge in [-0.3, -0.25) is 14.5 Å². The molecule has 4 aromatic rings. The van der Waals surface area contributed by atoms with Crippen molar-refractivity contribution in [2.45, 2.75) is 33.2 Å². The molecule has 5 rings (SSSR count). The molecule has 1 aliphatic heterocycles. The lowest BCUT2D eigenvalue weighted by Gasteiger charge is -2.27. The highest BCUT2D eigenvalue weighted by molar-refractivity contribution is 6.32. The third kappa shape index (κ3) is 6.29. The highest BCUT2D eigenvalue weighted by atomic mass is 35.5. The first kappa shape index (κ1) is 30.3. The van der Waals surface area contributed by atoms with Crippen molar-refractivity contribution in [3.8, 4) is 34.5 Å². The van der Waals surface area contributed by atoms with Crippen molar-refractivity contribution in [2.75, 3.05) is 13.7 Å². The highest BCUT2D eigenvalue weighted by Gasteiger charge is 2.35. The second kappa shape index (κ2) is 13.4. The van der Waals surface area contributed by atoms with Gasteiger partial charge in [0.25, 0.3) is 11.8 Å². The van der Waals surface area contributed by atoms with Gasteiger partial charge in [0.05, 0.1) is 31.0 Å². The molecule has 1 aromatic heterocycles. The number of unbranched alkanes of at least 4 members (excludes halogenated alkanes) is 1. The van der Waals surface area contributed by atoms with E-state index in [0.29, 0.717) is 40.0 Å². The fourth-order valence-electron chi connectivity index (χ4n) is 4.86. The van der Waals surface area contributed by atoms with Gasteiger partial charge in [-0.25, -0.2) is 4.68 Å². The molecule has 8 nitrogen and oxygen atoms in total. The number of rotatable bonds is 10. The minimum absolute atomic E-state index is 0.00268. The summed E-state index contributed by atoms with van der Waals surface area (Å²) < 4.78 is 12.8. The van der Waals surface area contributed by atoms with Crippen molar-refractivity contribution < 1.29 is 19.1 Å². The number of aromatic nitrogens is 2. The zero-order valence-electron chi connectivity index (χ0n) is 24.7. The zero-order chi connectivity index (χ0) is 31.2. The predicted molar refractivity (Wildman–Crippen MR) is 169 cm³/mol. The van der Waals surface area contributed by atoms with Crippen molar-refractivity contribution >= 4 is 29.5 Å². The van der Waals surface area contributed by atoms with Crippen LogP contribution in [0.2, 0.25) is 5.02 Å². The number of halogens is 1. The molecule has 3 aromatic carbocycles. The van der Waals surface area contributed by atoms with Crippen LogP contribution in [0, 0.1) is 11.3 Å². The Hall–Kier alpha value is -5.13. The molecule has 0 saturated heterocycles. The molecule has 0 aliphatic carbocycles. The molecule has 0 unspecified atom stereocenters. The van der Waals surface area contributed by atoms with Gasteiger partial charge < -0.3 is 9.47 Å². The molecule has 222 valence electrons. The lowest BCUT2D eigenvalue weighted by atomic mass is 9.93. The first-order chi connectivity index (χ1) is 21.3. The summed E-state index contributed by atoms with van der Waals surface area (Å²) in [6.45, 7) is 4.28. The number of hydrogen-bond acceptors (Lipinski definition) is 6. The summed E-state index contributed by atoms with van der Waals surface area (Å²) in [5.41, 5.74) is 3.90. The number of nitrogens with zero attached hydrogens (tertiary/aromatic N) is 4. The number of nitriles is 1. The molecule has 2 heterocycles. The lowest BCUT2D eigenvalue weighted by Crippen LogP contribution is -2.42. The monoisotopic (exact) mass is 606 g/mol. The second-order valence-corrected chi connectivity index (χ2v) is 10.7. The normalized spacial score (nSPS) is 14.2. The smallest absolute Gasteiger partial charge is 0.271 e. The molecular formula is C35H31ClN4O4. The van der Waals surface area contributed by atoms with Crippen LogP contribution in [0.5, 0.6) is 11.5 Å². The maximum Gasteiger partial charge on any atom is 0.271 e. The highest BCUT2D eigenvalue weighted by Crippen LogP contribution is 2.35. The standard InChI is InChI=1S/C35H31ClN4O4/c1-4-5-17-44-32-16-13-25(19-31(32)36)33-26(22-40(38-33)27-9-7-6-8-10-27)18-29-23(2)30(20-37)35(42)39(34(29)41)21-24-11-14-28(43-3)15-12-24/h6-16,18-19,22H,4-5,17,21H2,1-3H3/b29-18+. The summed E-state index contributed by atoms with van der Waals surface area (Å²) in [4.78, 5) is 28.3. The van der Waals surface area contributed by atoms with E-state index >= 15 is 0 Å². The Morgan fingerprint density at radius 2 is 1.77 bits per heavy atom. The first-order valence-corrected chi connectivity index (χ1v) is 14.6. The number of ether oxygens (including phenoxy) is 2. The van der Waals surface area contributed by atoms with E-state index in [9.17, 15) is 14.9 Å². The van der Waals surface area contributed by atoms with Gasteiger partial charge in [0.15, 0.2) is 0 Å². The van der Waals surface area contributed by atoms with Gasteiger partial charge in [-0.2, -0.15) is 10.4 Å². The number of methoxy groups -OCH3 is 1. The fourth-order valence-corrected chi connectivity index (χ4v) is 5.10. The quantitative estimate of drug-likeness (QED) is 0.108. The van der Waals surface area contributed by atoms with Crippen LogP contribution in [0.15, 0.2) is 95.7 Å². The topological polar surface area (TPSA) is 97.4 Å². The van der Waals surface area contributed by atoms with E-state index in [-0.39, 0.29) is 17.7 Å². The molecule has 0 N–H and O–H groups in total. The number of carbonyl (C=O) groups excluding carboxylic acids is 2. The van der Waals surface area contributed by atoms with Crippen LogP contribution in [0.1, 0.15) is 37.8 Å². The lowest BCUT2D eigenvalue weighted by molar-refractivity contribution is -0.141. The van der Waals surface area contributed by atoms with E-state index in [0.717, 1.165) is 34.6 Å². The first-order valence-electron chi connectivity index (χ1n) is 14.2. The Bertz CT molecular complexity index is 1800. The van der Waals surface area contributed by atoms with E-state index < -0.39 is 11.8 Å². The summed E-state index contributed by atoms with van der Waals surface area (Å²) >= 11 is 6.62. The van der Waals surface area contributed by atoms with E-state index in [1.54, 1.807) is 55.1 Å². The summed E-state index contributed by atoms with van der Waals surface area (Å²) in [7, 11) is 1.56. The third-order valence-electron chi connectivity index (χ3n) is 7.35. The average Bonchev–Trinajstić information content (AvgIpc) is 3.47. The van der Waals surface area contributed by atoms with Crippen LogP contribution in [0.25, 0.3) is 23.0 Å². The fraction of sp³-hybridized carbons (Fsp3) is 0.200. The maximum absolute atomic E-state index is 13.9. The molecule has 1 aliphatic rings. The van der Waals surface area contributed by atoms with Crippen LogP contribution in [0.4, 0.5) is 0 Å². The van der Waals surface area contributed by atoms with Crippen molar-refractivity contribution in [1.82, 2.24) is 14.7 Å². The van der Waals surface area contributed by atoms with Crippen LogP contribution < -0.4 is 9.47 Å². The zero-order valence-corrected chi connectivity index (χ0v) is 25.5. The molecular weight excluding hydrogens is 576 g/mol. The molecule has 0 saturated carbocycles. The number of benzene rings is 3. The van der Waals surface area contributed by atoms with Crippen LogP contribution in [0.3, 0.4) is 0 Å². The van der Waals surface area contributed by atoms with E-state index in [2.05, 4.69) is 6.92 Å². The van der Waals surface area contributed by atoms with Gasteiger partial charge >= 0.3 is 0 Å². The third-order valence-corrected chi connectivity index (χ3v) is 7.64. The molecule has 0 bridgehead atoms. The molecule has 0 atom stereocenters. The average molecular weight is 607 g/mol. The molecule has 44 heavy (non-hydrogen) atoms. The van der Waals surface area contributed by atoms with Crippen LogP contribution in [-0.2, 0) is 16.1 Å². The van der Waals surface area contributed by atoms with Crippen LogP contribution in [-0.4, -0.2) is 40.2 Å². The Labute approximate surface area is 261 Å². The molecule has 9 heteroatoms. The Balaban J connectivity index is 1.59. The van der Waals surface area contributed by atoms with Gasteiger partial charge in [-0.05, 0) is 73.0 Å². The Morgan fingerprint density at radius 3 is 2.43 bits per heavy atom. The molecule has 0 spiro atoms. The molecule has 0 fully saturated rings. The maximum atomic E-state index is 13.9. The SMILES string of the molecule is CCCCOc1ccc(-c2nn(-c3ccccc3)cc2/C=C2/C(=O)N(Cc3ccc(OC)cc3)C(=O)C(C#N)=C2C)cc1Cl. The van der Waals surface area contributed by atoms with Gasteiger partial charge in [0.1, 0.15) is 28.8 Å². The van der Waals surface area contributed by atoms with E-state index in [1.807, 2.05) is 54.7 Å². The summed E-state index contributed by atoms with van der Waals surface area (Å²) in [6, 6.07) is 24.1. The van der Waals surface area contributed by atoms with Crippen molar-refractivity contribution in [1.29, 1.82) is 5.26 Å². The minimum Gasteiger partial charge on any atom is -0.497 e. The predicted octanol–water partition coefficient (Wildman–Crippen LogP) is 7.17. The van der Waals surface area contributed by atoms with Crippen molar-refractivity contribution in [3.05, 3.63) is 112 Å². The van der Waals surface area contributed by atoms with Gasteiger partial charge in [0.2, 0.25) is 0 Å². The summed E-state index contributed by atoms with van der Waals surface area (Å²) in [5.74, 6) is 0.105. The Kier molecular flexibility index (Phi) is 9.27. The number of imide groups is 1. The Morgan fingerprint density at radius 1 is 1.02 bits per heavy atom. The van der Waals surface area contributed by atoms with Crippen molar-refractivity contribution in [3.63, 3.8) is 0 Å². The summed E-state index contributed by atoms with van der Waals surface area (Å²) in [5, 5.41) is 15.2. The van der Waals surface area contributed by atoms with E-state index in [1.165, 1.54) is 0 Å². The van der Waals surface area contributed by atoms with Gasteiger partial charge in [-0.1, -0.05) is 55.3 Å². The number of carbonyl (C=O) groups is 2. The van der Waals surface area contributed by atoms with Crippen LogP contribution >= 0.6 is 11.6 Å².